The molecule has 3 aromatic rings. The predicted octanol–water partition coefficient (Wildman–Crippen LogP) is 2.77. The fourth-order valence-electron chi connectivity index (χ4n) is 2.23. The Kier molecular flexibility index (Phi) is 5.24. The van der Waals surface area contributed by atoms with E-state index in [0.717, 1.165) is 5.56 Å². The molecule has 0 bridgehead atoms. The van der Waals surface area contributed by atoms with Crippen molar-refractivity contribution in [2.75, 3.05) is 5.32 Å². The number of hydrogen-bond donors (Lipinski definition) is 2. The molecule has 0 saturated carbocycles. The lowest BCUT2D eigenvalue weighted by molar-refractivity contribution is -0.137. The number of nitrogens with one attached hydrogen (secondary N) is 1. The number of carbonyl (C=O) groups excluding carboxylic acids is 1. The van der Waals surface area contributed by atoms with Gasteiger partial charge in [0.2, 0.25) is 0 Å². The number of nitrogens with zero attached hydrogens (tertiary/aromatic N) is 4. The zero-order chi connectivity index (χ0) is 18.7. The van der Waals surface area contributed by atoms with Crippen molar-refractivity contribution in [3.05, 3.63) is 64.0 Å². The minimum Gasteiger partial charge on any atom is -0.480 e. The molecule has 134 valence electrons. The van der Waals surface area contributed by atoms with E-state index in [9.17, 15) is 9.59 Å². The molecule has 1 amide bonds. The third-order valence-corrected chi connectivity index (χ3v) is 4.12. The number of benzene rings is 1. The first-order valence-electron chi connectivity index (χ1n) is 7.45. The van der Waals surface area contributed by atoms with Crippen LogP contribution in [0.4, 0.5) is 5.82 Å². The molecule has 8 nitrogen and oxygen atoms in total. The maximum Gasteiger partial charge on any atom is 0.325 e. The normalized spacial score (nSPS) is 10.7. The van der Waals surface area contributed by atoms with Crippen molar-refractivity contribution >= 4 is 40.9 Å². The van der Waals surface area contributed by atoms with Crippen molar-refractivity contribution in [3.8, 4) is 0 Å². The number of anilines is 1. The lowest BCUT2D eigenvalue weighted by Crippen LogP contribution is -2.15. The second-order valence-electron chi connectivity index (χ2n) is 5.39. The highest BCUT2D eigenvalue weighted by atomic mass is 35.5. The van der Waals surface area contributed by atoms with Gasteiger partial charge in [0.1, 0.15) is 6.54 Å². The van der Waals surface area contributed by atoms with E-state index in [0.29, 0.717) is 22.4 Å². The number of aromatic nitrogens is 4. The van der Waals surface area contributed by atoms with E-state index < -0.39 is 11.9 Å². The quantitative estimate of drug-likeness (QED) is 0.670. The largest absolute Gasteiger partial charge is 0.480 e. The summed E-state index contributed by atoms with van der Waals surface area (Å²) in [5.41, 5.74) is 1.01. The average Bonchev–Trinajstić information content (AvgIpc) is 3.20. The average molecular weight is 394 g/mol. The summed E-state index contributed by atoms with van der Waals surface area (Å²) in [7, 11) is 0. The Balaban J connectivity index is 1.64. The van der Waals surface area contributed by atoms with Gasteiger partial charge in [0.05, 0.1) is 16.6 Å². The summed E-state index contributed by atoms with van der Waals surface area (Å²) in [5, 5.41) is 20.4. The molecule has 0 aliphatic carbocycles. The van der Waals surface area contributed by atoms with Gasteiger partial charge in [-0.25, -0.2) is 0 Å². The van der Waals surface area contributed by atoms with Crippen LogP contribution in [0.15, 0.2) is 42.7 Å². The highest BCUT2D eigenvalue weighted by molar-refractivity contribution is 6.42. The molecule has 0 spiro atoms. The Bertz CT molecular complexity index is 966. The van der Waals surface area contributed by atoms with Gasteiger partial charge in [-0.2, -0.15) is 10.2 Å². The predicted molar refractivity (Wildman–Crippen MR) is 95.6 cm³/mol. The molecule has 3 rings (SSSR count). The van der Waals surface area contributed by atoms with Gasteiger partial charge >= 0.3 is 5.97 Å². The summed E-state index contributed by atoms with van der Waals surface area (Å²) in [6.45, 7) is 0.144. The van der Waals surface area contributed by atoms with Crippen LogP contribution in [0.1, 0.15) is 16.1 Å². The lowest BCUT2D eigenvalue weighted by atomic mass is 10.2. The summed E-state index contributed by atoms with van der Waals surface area (Å²) in [6, 6.07) is 8.37. The Morgan fingerprint density at radius 1 is 1.04 bits per heavy atom. The molecular formula is C16H13Cl2N5O3. The smallest absolute Gasteiger partial charge is 0.325 e. The highest BCUT2D eigenvalue weighted by Crippen LogP contribution is 2.23. The highest BCUT2D eigenvalue weighted by Gasteiger charge is 2.12. The monoisotopic (exact) mass is 393 g/mol. The standard InChI is InChI=1S/C16H13Cl2N5O3/c17-11-2-1-10(7-12(11)18)8-22-6-4-14(21-22)19-16(26)13-3-5-23(20-13)9-15(24)25/h1-7H,8-9H2,(H,24,25)(H,19,21,26). The summed E-state index contributed by atoms with van der Waals surface area (Å²) in [5.74, 6) is -1.17. The van der Waals surface area contributed by atoms with Crippen molar-refractivity contribution in [3.63, 3.8) is 0 Å². The molecule has 26 heavy (non-hydrogen) atoms. The van der Waals surface area contributed by atoms with Crippen molar-refractivity contribution in [2.45, 2.75) is 13.1 Å². The molecule has 0 aliphatic heterocycles. The summed E-state index contributed by atoms with van der Waals surface area (Å²) in [6.07, 6.45) is 3.13. The molecule has 2 N–H and O–H groups in total. The topological polar surface area (TPSA) is 102 Å². The molecule has 2 heterocycles. The maximum atomic E-state index is 12.1. The number of aliphatic carboxylic acids is 1. The zero-order valence-corrected chi connectivity index (χ0v) is 14.8. The van der Waals surface area contributed by atoms with Gasteiger partial charge < -0.3 is 10.4 Å². The Hall–Kier alpha value is -2.84. The van der Waals surface area contributed by atoms with Crippen molar-refractivity contribution < 1.29 is 14.7 Å². The van der Waals surface area contributed by atoms with Crippen LogP contribution >= 0.6 is 23.2 Å². The van der Waals surface area contributed by atoms with E-state index in [2.05, 4.69) is 15.5 Å². The van der Waals surface area contributed by atoms with Crippen LogP contribution in [0.3, 0.4) is 0 Å². The van der Waals surface area contributed by atoms with Gasteiger partial charge in [-0.05, 0) is 23.8 Å². The summed E-state index contributed by atoms with van der Waals surface area (Å²) < 4.78 is 2.80. The molecule has 0 atom stereocenters. The van der Waals surface area contributed by atoms with Gasteiger partial charge in [-0.3, -0.25) is 19.0 Å². The first kappa shape index (κ1) is 18.0. The maximum absolute atomic E-state index is 12.1. The Labute approximate surface area is 157 Å². The van der Waals surface area contributed by atoms with Crippen molar-refractivity contribution in [1.82, 2.24) is 19.6 Å². The molecule has 10 heteroatoms. The lowest BCUT2D eigenvalue weighted by Gasteiger charge is -2.04. The van der Waals surface area contributed by atoms with E-state index in [1.807, 2.05) is 6.07 Å². The number of carboxylic acids is 1. The SMILES string of the molecule is O=C(O)Cn1ccc(C(=O)Nc2ccn(Cc3ccc(Cl)c(Cl)c3)n2)n1. The second-order valence-corrected chi connectivity index (χ2v) is 6.21. The first-order valence-corrected chi connectivity index (χ1v) is 8.20. The van der Waals surface area contributed by atoms with E-state index in [4.69, 9.17) is 28.3 Å². The fraction of sp³-hybridized carbons (Fsp3) is 0.125. The molecule has 0 saturated heterocycles. The third-order valence-electron chi connectivity index (χ3n) is 3.38. The molecule has 0 aliphatic rings. The molecule has 2 aromatic heterocycles. The van der Waals surface area contributed by atoms with Crippen LogP contribution in [-0.4, -0.2) is 36.5 Å². The first-order chi connectivity index (χ1) is 12.4. The number of carbonyl (C=O) groups is 2. The Morgan fingerprint density at radius 3 is 2.54 bits per heavy atom. The molecule has 0 radical (unpaired) electrons. The number of hydrogen-bond acceptors (Lipinski definition) is 4. The van der Waals surface area contributed by atoms with Crippen LogP contribution in [0.25, 0.3) is 0 Å². The third kappa shape index (κ3) is 4.41. The van der Waals surface area contributed by atoms with Crippen molar-refractivity contribution in [1.29, 1.82) is 0 Å². The van der Waals surface area contributed by atoms with E-state index in [1.165, 1.54) is 16.9 Å². The van der Waals surface area contributed by atoms with Gasteiger partial charge in [0.25, 0.3) is 5.91 Å². The summed E-state index contributed by atoms with van der Waals surface area (Å²) in [4.78, 5) is 22.8. The van der Waals surface area contributed by atoms with Gasteiger partial charge in [0.15, 0.2) is 11.5 Å². The zero-order valence-electron chi connectivity index (χ0n) is 13.3. The second kappa shape index (κ2) is 7.59. The molecule has 0 fully saturated rings. The number of amides is 1. The minimum absolute atomic E-state index is 0.102. The van der Waals surface area contributed by atoms with E-state index in [1.54, 1.807) is 29.1 Å². The van der Waals surface area contributed by atoms with Crippen LogP contribution in [0.5, 0.6) is 0 Å². The van der Waals surface area contributed by atoms with E-state index >= 15 is 0 Å². The number of rotatable bonds is 6. The van der Waals surface area contributed by atoms with Crippen LogP contribution in [-0.2, 0) is 17.9 Å². The van der Waals surface area contributed by atoms with Gasteiger partial charge in [-0.1, -0.05) is 29.3 Å². The number of carboxylic acid groups (broad SMARTS) is 1. The van der Waals surface area contributed by atoms with Crippen LogP contribution in [0.2, 0.25) is 10.0 Å². The van der Waals surface area contributed by atoms with Crippen LogP contribution < -0.4 is 5.32 Å². The molecular weight excluding hydrogens is 381 g/mol. The summed E-state index contributed by atoms with van der Waals surface area (Å²) >= 11 is 11.9. The fourth-order valence-corrected chi connectivity index (χ4v) is 2.55. The van der Waals surface area contributed by atoms with E-state index in [-0.39, 0.29) is 12.2 Å². The molecule has 1 aromatic carbocycles. The minimum atomic E-state index is -1.04. The molecule has 0 unspecified atom stereocenters. The Morgan fingerprint density at radius 2 is 1.81 bits per heavy atom. The number of halogens is 2. The van der Waals surface area contributed by atoms with Gasteiger partial charge in [-0.15, -0.1) is 0 Å². The van der Waals surface area contributed by atoms with Crippen molar-refractivity contribution in [2.24, 2.45) is 0 Å². The van der Waals surface area contributed by atoms with Gasteiger partial charge in [0, 0.05) is 18.5 Å². The van der Waals surface area contributed by atoms with Crippen LogP contribution in [0, 0.1) is 0 Å².